The normalized spacial score (nSPS) is 24.8. The van der Waals surface area contributed by atoms with Gasteiger partial charge in [-0.2, -0.15) is 0 Å². The monoisotopic (exact) mass is 347 g/mol. The van der Waals surface area contributed by atoms with E-state index in [-0.39, 0.29) is 17.9 Å². The Kier molecular flexibility index (Phi) is 4.59. The molecule has 4 rings (SSSR count). The number of nitrogens with one attached hydrogen (secondary N) is 1. The first-order chi connectivity index (χ1) is 11.7. The minimum absolute atomic E-state index is 0.168. The van der Waals surface area contributed by atoms with Crippen molar-refractivity contribution in [2.24, 2.45) is 0 Å². The first kappa shape index (κ1) is 16.1. The lowest BCUT2D eigenvalue weighted by molar-refractivity contribution is -0.135. The first-order valence-electron chi connectivity index (χ1n) is 9.13. The van der Waals surface area contributed by atoms with Gasteiger partial charge in [-0.05, 0) is 50.2 Å². The largest absolute Gasteiger partial charge is 0.336 e. The Hall–Kier alpha value is -1.40. The lowest BCUT2D eigenvalue weighted by Crippen LogP contribution is -2.57. The average Bonchev–Trinajstić information content (AvgIpc) is 3.06. The number of nitrogens with zero attached hydrogens (tertiary/aromatic N) is 2. The lowest BCUT2D eigenvalue weighted by Gasteiger charge is -2.41. The third-order valence-electron chi connectivity index (χ3n) is 5.46. The van der Waals surface area contributed by atoms with Crippen LogP contribution in [0.1, 0.15) is 45.8 Å². The van der Waals surface area contributed by atoms with Crippen molar-refractivity contribution in [3.05, 3.63) is 21.4 Å². The number of piperidine rings is 1. The smallest absolute Gasteiger partial charge is 0.264 e. The fourth-order valence-corrected chi connectivity index (χ4v) is 5.37. The van der Waals surface area contributed by atoms with E-state index < -0.39 is 0 Å². The van der Waals surface area contributed by atoms with Crippen LogP contribution in [-0.2, 0) is 17.6 Å². The second-order valence-corrected chi connectivity index (χ2v) is 8.21. The number of hydrogen-bond donors (Lipinski definition) is 1. The molecule has 0 radical (unpaired) electrons. The van der Waals surface area contributed by atoms with Gasteiger partial charge in [0.25, 0.3) is 5.91 Å². The number of piperazine rings is 1. The summed E-state index contributed by atoms with van der Waals surface area (Å²) in [5, 5.41) is 3.12. The molecule has 2 aliphatic heterocycles. The van der Waals surface area contributed by atoms with Crippen LogP contribution in [0.15, 0.2) is 6.07 Å². The molecule has 5 nitrogen and oxygen atoms in total. The molecule has 0 saturated carbocycles. The Balaban J connectivity index is 1.46. The summed E-state index contributed by atoms with van der Waals surface area (Å²) in [5.74, 6) is 0.342. The highest BCUT2D eigenvalue weighted by atomic mass is 32.1. The predicted octanol–water partition coefficient (Wildman–Crippen LogP) is 1.66. The van der Waals surface area contributed by atoms with Gasteiger partial charge in [0, 0.05) is 37.1 Å². The van der Waals surface area contributed by atoms with Crippen LogP contribution in [0.5, 0.6) is 0 Å². The van der Waals surface area contributed by atoms with Gasteiger partial charge in [-0.1, -0.05) is 0 Å². The van der Waals surface area contributed by atoms with E-state index in [4.69, 9.17) is 0 Å². The standard InChI is InChI=1S/C18H25N3O2S/c22-17-11-19-7-9-21(17)14-5-3-8-20(12-14)18(23)16-10-13-4-1-2-6-15(13)24-16/h10,14,19H,1-9,11-12H2. The summed E-state index contributed by atoms with van der Waals surface area (Å²) in [5.41, 5.74) is 1.39. The summed E-state index contributed by atoms with van der Waals surface area (Å²) in [7, 11) is 0. The molecule has 6 heteroatoms. The number of thiophene rings is 1. The van der Waals surface area contributed by atoms with E-state index in [1.165, 1.54) is 23.3 Å². The van der Waals surface area contributed by atoms with Gasteiger partial charge in [-0.25, -0.2) is 0 Å². The van der Waals surface area contributed by atoms with Gasteiger partial charge in [0.05, 0.1) is 11.4 Å². The molecular weight excluding hydrogens is 322 g/mol. The van der Waals surface area contributed by atoms with E-state index in [1.807, 2.05) is 9.80 Å². The van der Waals surface area contributed by atoms with Crippen molar-refractivity contribution in [1.82, 2.24) is 15.1 Å². The van der Waals surface area contributed by atoms with Crippen LogP contribution in [0.3, 0.4) is 0 Å². The molecule has 2 saturated heterocycles. The maximum Gasteiger partial charge on any atom is 0.264 e. The quantitative estimate of drug-likeness (QED) is 0.885. The van der Waals surface area contributed by atoms with Gasteiger partial charge in [-0.15, -0.1) is 11.3 Å². The van der Waals surface area contributed by atoms with Crippen LogP contribution in [0.4, 0.5) is 0 Å². The number of rotatable bonds is 2. The molecule has 2 amide bonds. The number of aryl methyl sites for hydroxylation is 2. The number of hydrogen-bond acceptors (Lipinski definition) is 4. The second kappa shape index (κ2) is 6.84. The minimum atomic E-state index is 0.168. The number of fused-ring (bicyclic) bond motifs is 1. The lowest BCUT2D eigenvalue weighted by atomic mass is 9.99. The molecule has 3 aliphatic rings. The van der Waals surface area contributed by atoms with Gasteiger partial charge in [0.1, 0.15) is 0 Å². The zero-order valence-corrected chi connectivity index (χ0v) is 14.9. The highest BCUT2D eigenvalue weighted by Gasteiger charge is 2.32. The van der Waals surface area contributed by atoms with Gasteiger partial charge in [0.15, 0.2) is 0 Å². The van der Waals surface area contributed by atoms with Crippen molar-refractivity contribution in [2.45, 2.75) is 44.6 Å². The molecule has 1 N–H and O–H groups in total. The molecule has 130 valence electrons. The van der Waals surface area contributed by atoms with E-state index in [2.05, 4.69) is 11.4 Å². The van der Waals surface area contributed by atoms with Gasteiger partial charge in [-0.3, -0.25) is 9.59 Å². The Morgan fingerprint density at radius 3 is 2.92 bits per heavy atom. The fourth-order valence-electron chi connectivity index (χ4n) is 4.15. The average molecular weight is 347 g/mol. The van der Waals surface area contributed by atoms with Crippen molar-refractivity contribution in [1.29, 1.82) is 0 Å². The highest BCUT2D eigenvalue weighted by molar-refractivity contribution is 7.14. The van der Waals surface area contributed by atoms with Gasteiger partial charge < -0.3 is 15.1 Å². The molecule has 0 spiro atoms. The van der Waals surface area contributed by atoms with Crippen LogP contribution in [0, 0.1) is 0 Å². The molecule has 24 heavy (non-hydrogen) atoms. The third-order valence-corrected chi connectivity index (χ3v) is 6.68. The number of carbonyl (C=O) groups excluding carboxylic acids is 2. The molecular formula is C18H25N3O2S. The zero-order valence-electron chi connectivity index (χ0n) is 14.1. The summed E-state index contributed by atoms with van der Waals surface area (Å²) >= 11 is 1.69. The van der Waals surface area contributed by atoms with E-state index in [9.17, 15) is 9.59 Å². The number of carbonyl (C=O) groups is 2. The predicted molar refractivity (Wildman–Crippen MR) is 94.5 cm³/mol. The summed E-state index contributed by atoms with van der Waals surface area (Å²) in [6.45, 7) is 3.56. The van der Waals surface area contributed by atoms with Crippen LogP contribution in [-0.4, -0.2) is 60.4 Å². The third kappa shape index (κ3) is 3.09. The highest BCUT2D eigenvalue weighted by Crippen LogP contribution is 2.31. The van der Waals surface area contributed by atoms with Crippen LogP contribution < -0.4 is 5.32 Å². The van der Waals surface area contributed by atoms with E-state index in [0.717, 1.165) is 50.2 Å². The van der Waals surface area contributed by atoms with E-state index in [1.54, 1.807) is 11.3 Å². The van der Waals surface area contributed by atoms with E-state index >= 15 is 0 Å². The molecule has 1 aromatic rings. The molecule has 2 fully saturated rings. The Morgan fingerprint density at radius 2 is 2.08 bits per heavy atom. The van der Waals surface area contributed by atoms with Crippen molar-refractivity contribution >= 4 is 23.2 Å². The summed E-state index contributed by atoms with van der Waals surface area (Å²) < 4.78 is 0. The number of amides is 2. The topological polar surface area (TPSA) is 52.7 Å². The first-order valence-corrected chi connectivity index (χ1v) is 9.95. The summed E-state index contributed by atoms with van der Waals surface area (Å²) in [6.07, 6.45) is 6.74. The SMILES string of the molecule is O=C(c1cc2c(s1)CCCC2)N1CCCC(N2CCNCC2=O)C1. The Labute approximate surface area is 147 Å². The molecule has 0 aromatic carbocycles. The van der Waals surface area contributed by atoms with E-state index in [0.29, 0.717) is 13.1 Å². The van der Waals surface area contributed by atoms with Gasteiger partial charge >= 0.3 is 0 Å². The maximum atomic E-state index is 12.9. The summed E-state index contributed by atoms with van der Waals surface area (Å²) in [4.78, 5) is 31.3. The van der Waals surface area contributed by atoms with Crippen LogP contribution in [0.2, 0.25) is 0 Å². The second-order valence-electron chi connectivity index (χ2n) is 7.08. The molecule has 0 bridgehead atoms. The van der Waals surface area contributed by atoms with Crippen molar-refractivity contribution in [3.63, 3.8) is 0 Å². The molecule has 3 heterocycles. The van der Waals surface area contributed by atoms with Gasteiger partial charge in [0.2, 0.25) is 5.91 Å². The maximum absolute atomic E-state index is 12.9. The molecule has 1 atom stereocenters. The molecule has 1 aliphatic carbocycles. The van der Waals surface area contributed by atoms with Crippen molar-refractivity contribution < 1.29 is 9.59 Å². The van der Waals surface area contributed by atoms with Crippen molar-refractivity contribution in [3.8, 4) is 0 Å². The summed E-state index contributed by atoms with van der Waals surface area (Å²) in [6, 6.07) is 2.31. The molecule has 1 aromatic heterocycles. The van der Waals surface area contributed by atoms with Crippen LogP contribution in [0.25, 0.3) is 0 Å². The minimum Gasteiger partial charge on any atom is -0.336 e. The fraction of sp³-hybridized carbons (Fsp3) is 0.667. The number of likely N-dealkylation sites (tertiary alicyclic amines) is 1. The Morgan fingerprint density at radius 1 is 1.21 bits per heavy atom. The Bertz CT molecular complexity index is 619. The van der Waals surface area contributed by atoms with Crippen LogP contribution >= 0.6 is 11.3 Å². The van der Waals surface area contributed by atoms with Crippen molar-refractivity contribution in [2.75, 3.05) is 32.7 Å². The molecule has 1 unspecified atom stereocenters. The zero-order chi connectivity index (χ0) is 16.5.